The van der Waals surface area contributed by atoms with Gasteiger partial charge in [-0.25, -0.2) is 0 Å². The van der Waals surface area contributed by atoms with Gasteiger partial charge in [0.05, 0.1) is 0 Å². The molecule has 0 aliphatic carbocycles. The van der Waals surface area contributed by atoms with Crippen molar-refractivity contribution >= 4 is 33.7 Å². The number of likely N-dealkylation sites (N-methyl/N-ethyl adjacent to an activating group) is 2. The maximum Gasteiger partial charge on any atom is 0.311 e. The lowest BCUT2D eigenvalue weighted by atomic mass is 10.1. The van der Waals surface area contributed by atoms with Gasteiger partial charge in [-0.3, -0.25) is 9.59 Å². The van der Waals surface area contributed by atoms with Crippen molar-refractivity contribution in [2.75, 3.05) is 41.0 Å². The van der Waals surface area contributed by atoms with Gasteiger partial charge in [0.2, 0.25) is 0 Å². The van der Waals surface area contributed by atoms with Crippen LogP contribution in [0.2, 0.25) is 0 Å². The Hall–Kier alpha value is -3.62. The highest BCUT2D eigenvalue weighted by Gasteiger charge is 2.16. The van der Waals surface area contributed by atoms with E-state index >= 15 is 0 Å². The zero-order chi connectivity index (χ0) is 36.4. The molecule has 0 aliphatic rings. The summed E-state index contributed by atoms with van der Waals surface area (Å²) in [7, 11) is 0. The first-order valence-corrected chi connectivity index (χ1v) is 11.8. The van der Waals surface area contributed by atoms with Crippen LogP contribution < -0.4 is 9.47 Å². The molecule has 2 aromatic carbocycles. The summed E-state index contributed by atoms with van der Waals surface area (Å²) in [6.45, 7) is -12.0. The van der Waals surface area contributed by atoms with Crippen molar-refractivity contribution < 1.29 is 35.5 Å². The van der Waals surface area contributed by atoms with Crippen LogP contribution in [0.15, 0.2) is 48.8 Å². The Balaban J connectivity index is 1.37. The van der Waals surface area contributed by atoms with E-state index < -0.39 is 39.8 Å². The number of fused-ring (bicyclic) bond motifs is 2. The fraction of sp³-hybridized carbons (Fsp3) is 0.379. The first-order chi connectivity index (χ1) is 22.7. The normalized spacial score (nSPS) is 17.8. The van der Waals surface area contributed by atoms with E-state index in [0.717, 1.165) is 0 Å². The molecule has 37 heavy (non-hydrogen) atoms. The van der Waals surface area contributed by atoms with Crippen LogP contribution in [-0.2, 0) is 22.4 Å². The van der Waals surface area contributed by atoms with Crippen molar-refractivity contribution in [2.24, 2.45) is 0 Å². The Morgan fingerprint density at radius 1 is 0.757 bits per heavy atom. The predicted molar refractivity (Wildman–Crippen MR) is 146 cm³/mol. The van der Waals surface area contributed by atoms with Crippen molar-refractivity contribution in [2.45, 2.75) is 32.1 Å². The quantitative estimate of drug-likeness (QED) is 0.212. The number of carbonyl (C=O) groups excluding carboxylic acids is 2. The molecule has 0 amide bonds. The topological polar surface area (TPSA) is 90.7 Å². The van der Waals surface area contributed by atoms with Crippen LogP contribution in [0.5, 0.6) is 11.5 Å². The molecule has 2 N–H and O–H groups in total. The molecule has 0 saturated heterocycles. The number of aromatic amines is 2. The summed E-state index contributed by atoms with van der Waals surface area (Å²) in [6, 6.07) is 9.87. The SMILES string of the molecule is [2H]C([2H])([2H])N(CCc1c[nH]c2cccc(OC(=O)CCCC(=O)Oc3cccc4[nH]cc(CCN(C([2H])([2H])[2H])C([2H])([2H])[2H])c34)c12)C([2H])([2H])[2H]. The van der Waals surface area contributed by atoms with Gasteiger partial charge in [0, 0.05) is 76.6 Å². The molecule has 8 heteroatoms. The Kier molecular flexibility index (Phi) is 4.88. The third-order valence-corrected chi connectivity index (χ3v) is 5.92. The number of H-pyrrole nitrogens is 2. The van der Waals surface area contributed by atoms with E-state index in [2.05, 4.69) is 9.97 Å². The number of hydrogen-bond donors (Lipinski definition) is 2. The van der Waals surface area contributed by atoms with E-state index in [4.69, 9.17) is 25.9 Å². The molecule has 196 valence electrons. The second kappa shape index (κ2) is 12.1. The highest BCUT2D eigenvalue weighted by molar-refractivity contribution is 5.92. The molecule has 8 nitrogen and oxygen atoms in total. The lowest BCUT2D eigenvalue weighted by molar-refractivity contribution is -0.135. The number of hydrogen-bond acceptors (Lipinski definition) is 6. The summed E-state index contributed by atoms with van der Waals surface area (Å²) in [6.07, 6.45) is 3.09. The van der Waals surface area contributed by atoms with Crippen LogP contribution >= 0.6 is 0 Å². The van der Waals surface area contributed by atoms with Crippen LogP contribution in [0.3, 0.4) is 0 Å². The molecule has 0 fully saturated rings. The minimum absolute atomic E-state index is 0.0456. The zero-order valence-corrected chi connectivity index (χ0v) is 20.1. The van der Waals surface area contributed by atoms with Gasteiger partial charge in [-0.05, 0) is 82.6 Å². The molecule has 0 atom stereocenters. The minimum atomic E-state index is -2.84. The largest absolute Gasteiger partial charge is 0.426 e. The van der Waals surface area contributed by atoms with Crippen molar-refractivity contribution in [1.82, 2.24) is 19.8 Å². The molecule has 0 spiro atoms. The molecule has 2 heterocycles. The standard InChI is InChI=1S/C29H36N4O4/c1-32(2)16-14-20-18-30-22-8-5-10-24(28(20)22)36-26(34)12-7-13-27(35)37-25-11-6-9-23-29(25)21(19-31-23)15-17-33(3)4/h5-6,8-11,18-19,30-31H,7,12-17H2,1-4H3/i1D3,2D3,3D3,4D3. The van der Waals surface area contributed by atoms with E-state index in [0.29, 0.717) is 42.7 Å². The number of ether oxygens (including phenoxy) is 2. The molecule has 0 saturated carbocycles. The number of benzene rings is 2. The van der Waals surface area contributed by atoms with Gasteiger partial charge in [-0.2, -0.15) is 0 Å². The fourth-order valence-electron chi connectivity index (χ4n) is 4.19. The first-order valence-electron chi connectivity index (χ1n) is 17.8. The monoisotopic (exact) mass is 516 g/mol. The van der Waals surface area contributed by atoms with Crippen molar-refractivity contribution in [3.63, 3.8) is 0 Å². The fourth-order valence-corrected chi connectivity index (χ4v) is 4.19. The third kappa shape index (κ3) is 6.78. The average molecular weight is 517 g/mol. The second-order valence-electron chi connectivity index (χ2n) is 8.59. The number of aromatic nitrogens is 2. The van der Waals surface area contributed by atoms with Gasteiger partial charge in [0.15, 0.2) is 0 Å². The number of carbonyl (C=O) groups is 2. The Morgan fingerprint density at radius 2 is 1.22 bits per heavy atom. The summed E-state index contributed by atoms with van der Waals surface area (Å²) in [4.78, 5) is 32.5. The van der Waals surface area contributed by atoms with Crippen LogP contribution in [0.1, 0.15) is 46.8 Å². The van der Waals surface area contributed by atoms with E-state index in [9.17, 15) is 9.59 Å². The maximum absolute atomic E-state index is 12.8. The molecule has 0 unspecified atom stereocenters. The summed E-state index contributed by atoms with van der Waals surface area (Å²) in [5.41, 5.74) is 2.31. The number of esters is 2. The summed E-state index contributed by atoms with van der Waals surface area (Å²) in [5, 5.41) is 1.00. The first kappa shape index (κ1) is 15.0. The van der Waals surface area contributed by atoms with E-state index in [1.165, 1.54) is 0 Å². The summed E-state index contributed by atoms with van der Waals surface area (Å²) in [5.74, 6) is -0.889. The van der Waals surface area contributed by atoms with Gasteiger partial charge in [0.1, 0.15) is 11.5 Å². The van der Waals surface area contributed by atoms with Crippen LogP contribution in [0.4, 0.5) is 0 Å². The predicted octanol–water partition coefficient (Wildman–Crippen LogP) is 4.54. The van der Waals surface area contributed by atoms with Crippen LogP contribution in [0.25, 0.3) is 21.8 Å². The Bertz CT molecular complexity index is 1620. The van der Waals surface area contributed by atoms with Gasteiger partial charge in [-0.1, -0.05) is 12.1 Å². The minimum Gasteiger partial charge on any atom is -0.426 e. The zero-order valence-electron chi connectivity index (χ0n) is 32.1. The smallest absolute Gasteiger partial charge is 0.311 e. The van der Waals surface area contributed by atoms with Crippen LogP contribution in [-0.4, -0.2) is 72.7 Å². The van der Waals surface area contributed by atoms with Gasteiger partial charge in [0.25, 0.3) is 0 Å². The van der Waals surface area contributed by atoms with Gasteiger partial charge in [-0.15, -0.1) is 0 Å². The number of rotatable bonds is 12. The summed E-state index contributed by atoms with van der Waals surface area (Å²) >= 11 is 0. The molecule has 4 rings (SSSR count). The van der Waals surface area contributed by atoms with Crippen molar-refractivity contribution in [3.05, 3.63) is 59.9 Å². The Labute approximate surface area is 234 Å². The van der Waals surface area contributed by atoms with E-state index in [1.54, 1.807) is 48.8 Å². The van der Waals surface area contributed by atoms with Gasteiger partial charge < -0.3 is 29.2 Å². The highest BCUT2D eigenvalue weighted by Crippen LogP contribution is 2.31. The lowest BCUT2D eigenvalue weighted by Gasteiger charge is -2.11. The van der Waals surface area contributed by atoms with Crippen molar-refractivity contribution in [3.8, 4) is 11.5 Å². The molecular formula is C29H36N4O4. The third-order valence-electron chi connectivity index (χ3n) is 5.92. The Morgan fingerprint density at radius 3 is 1.65 bits per heavy atom. The highest BCUT2D eigenvalue weighted by atomic mass is 16.5. The molecule has 0 radical (unpaired) electrons. The molecule has 2 aromatic heterocycles. The van der Waals surface area contributed by atoms with Crippen molar-refractivity contribution in [1.29, 1.82) is 0 Å². The number of nitrogens with zero attached hydrogens (tertiary/aromatic N) is 2. The van der Waals surface area contributed by atoms with Crippen LogP contribution in [0, 0.1) is 0 Å². The molecule has 4 aromatic rings. The lowest BCUT2D eigenvalue weighted by Crippen LogP contribution is -2.15. The molecular weight excluding hydrogens is 468 g/mol. The molecule has 0 aliphatic heterocycles. The number of nitrogens with one attached hydrogen (secondary N) is 2. The molecule has 0 bridgehead atoms. The average Bonchev–Trinajstić information content (AvgIpc) is 3.56. The maximum atomic E-state index is 12.8. The second-order valence-corrected chi connectivity index (χ2v) is 8.59. The summed E-state index contributed by atoms with van der Waals surface area (Å²) < 4.78 is 102. The van der Waals surface area contributed by atoms with Gasteiger partial charge >= 0.3 is 11.9 Å². The van der Waals surface area contributed by atoms with E-state index in [-0.39, 0.29) is 56.7 Å². The van der Waals surface area contributed by atoms with E-state index in [1.807, 2.05) is 0 Å².